The molecule has 9 heteroatoms. The smallest absolute Gasteiger partial charge is 0.322 e. The number of amides is 3. The molecule has 1 aliphatic heterocycles. The number of halogens is 1. The Balaban J connectivity index is 1.99. The first kappa shape index (κ1) is 15.4. The van der Waals surface area contributed by atoms with Gasteiger partial charge in [-0.3, -0.25) is 10.1 Å². The van der Waals surface area contributed by atoms with Gasteiger partial charge < -0.3 is 5.32 Å². The average Bonchev–Trinajstić information content (AvgIpc) is 2.67. The Bertz CT molecular complexity index is 690. The molecular weight excluding hydrogens is 301 g/mol. The lowest BCUT2D eigenvalue weighted by Gasteiger charge is -2.11. The van der Waals surface area contributed by atoms with Crippen molar-refractivity contribution in [1.82, 2.24) is 15.4 Å². The predicted octanol–water partition coefficient (Wildman–Crippen LogP) is 0.0105. The van der Waals surface area contributed by atoms with Gasteiger partial charge in [-0.1, -0.05) is 0 Å². The molecule has 1 saturated heterocycles. The lowest BCUT2D eigenvalue weighted by Crippen LogP contribution is -2.34. The number of carbonyl (C=O) groups excluding carboxylic acids is 2. The van der Waals surface area contributed by atoms with Gasteiger partial charge in [-0.15, -0.1) is 0 Å². The monoisotopic (exact) mass is 315 g/mol. The van der Waals surface area contributed by atoms with E-state index in [-0.39, 0.29) is 23.4 Å². The van der Waals surface area contributed by atoms with E-state index in [1.807, 2.05) is 0 Å². The highest BCUT2D eigenvalue weighted by Crippen LogP contribution is 2.15. The Labute approximate surface area is 121 Å². The normalized spacial score (nSPS) is 18.5. The molecule has 3 amide bonds. The summed E-state index contributed by atoms with van der Waals surface area (Å²) in [5.74, 6) is -1.01. The van der Waals surface area contributed by atoms with E-state index in [4.69, 9.17) is 0 Å². The van der Waals surface area contributed by atoms with Crippen LogP contribution in [0.3, 0.4) is 0 Å². The summed E-state index contributed by atoms with van der Waals surface area (Å²) in [5, 5.41) is 4.42. The fraction of sp³-hybridized carbons (Fsp3) is 0.333. The van der Waals surface area contributed by atoms with Gasteiger partial charge in [-0.25, -0.2) is 22.3 Å². The number of benzene rings is 1. The van der Waals surface area contributed by atoms with Crippen LogP contribution in [0, 0.1) is 12.7 Å². The van der Waals surface area contributed by atoms with Crippen LogP contribution in [0.1, 0.15) is 12.0 Å². The fourth-order valence-corrected chi connectivity index (χ4v) is 3.26. The Kier molecular flexibility index (Phi) is 4.24. The zero-order valence-corrected chi connectivity index (χ0v) is 12.0. The third-order valence-electron chi connectivity index (χ3n) is 3.01. The van der Waals surface area contributed by atoms with Crippen molar-refractivity contribution in [2.75, 3.05) is 6.54 Å². The highest BCUT2D eigenvalue weighted by Gasteiger charge is 2.29. The SMILES string of the molecule is Cc1cc(F)ccc1S(=O)(=O)NCCC1NC(=O)NC1=O. The molecule has 21 heavy (non-hydrogen) atoms. The second kappa shape index (κ2) is 5.78. The van der Waals surface area contributed by atoms with E-state index in [0.29, 0.717) is 0 Å². The molecule has 1 fully saturated rings. The van der Waals surface area contributed by atoms with E-state index in [1.54, 1.807) is 0 Å². The lowest BCUT2D eigenvalue weighted by molar-refractivity contribution is -0.120. The average molecular weight is 315 g/mol. The van der Waals surface area contributed by atoms with E-state index >= 15 is 0 Å². The van der Waals surface area contributed by atoms with Crippen molar-refractivity contribution >= 4 is 22.0 Å². The molecule has 2 rings (SSSR count). The summed E-state index contributed by atoms with van der Waals surface area (Å²) in [6.45, 7) is 1.46. The molecule has 0 saturated carbocycles. The third kappa shape index (κ3) is 3.56. The van der Waals surface area contributed by atoms with E-state index in [1.165, 1.54) is 13.0 Å². The molecule has 0 aromatic heterocycles. The van der Waals surface area contributed by atoms with Gasteiger partial charge in [-0.05, 0) is 37.1 Å². The summed E-state index contributed by atoms with van der Waals surface area (Å²) >= 11 is 0. The van der Waals surface area contributed by atoms with Crippen LogP contribution in [-0.4, -0.2) is 32.9 Å². The first-order chi connectivity index (χ1) is 9.79. The van der Waals surface area contributed by atoms with Gasteiger partial charge in [0.1, 0.15) is 11.9 Å². The number of imide groups is 1. The molecule has 7 nitrogen and oxygen atoms in total. The Hall–Kier alpha value is -2.00. The van der Waals surface area contributed by atoms with Crippen molar-refractivity contribution in [2.24, 2.45) is 0 Å². The largest absolute Gasteiger partial charge is 0.326 e. The molecule has 0 bridgehead atoms. The highest BCUT2D eigenvalue weighted by molar-refractivity contribution is 7.89. The van der Waals surface area contributed by atoms with Crippen LogP contribution in [0.4, 0.5) is 9.18 Å². The van der Waals surface area contributed by atoms with Crippen LogP contribution in [0.5, 0.6) is 0 Å². The number of carbonyl (C=O) groups is 2. The Morgan fingerprint density at radius 2 is 2.05 bits per heavy atom. The summed E-state index contributed by atoms with van der Waals surface area (Å²) in [4.78, 5) is 22.2. The maximum atomic E-state index is 13.0. The van der Waals surface area contributed by atoms with Crippen LogP contribution in [0.15, 0.2) is 23.1 Å². The molecular formula is C12H14FN3O4S. The zero-order valence-electron chi connectivity index (χ0n) is 11.1. The number of nitrogens with one attached hydrogen (secondary N) is 3. The fourth-order valence-electron chi connectivity index (χ4n) is 1.99. The molecule has 3 N–H and O–H groups in total. The summed E-state index contributed by atoms with van der Waals surface area (Å²) in [7, 11) is -3.79. The predicted molar refractivity (Wildman–Crippen MR) is 71.4 cm³/mol. The number of hydrogen-bond donors (Lipinski definition) is 3. The van der Waals surface area contributed by atoms with Crippen molar-refractivity contribution < 1.29 is 22.4 Å². The van der Waals surface area contributed by atoms with Crippen molar-refractivity contribution in [3.05, 3.63) is 29.6 Å². The summed E-state index contributed by atoms with van der Waals surface area (Å²) in [6.07, 6.45) is 0.122. The Morgan fingerprint density at radius 1 is 1.33 bits per heavy atom. The van der Waals surface area contributed by atoms with Gasteiger partial charge in [0.2, 0.25) is 10.0 Å². The minimum absolute atomic E-state index is 0.0243. The second-order valence-electron chi connectivity index (χ2n) is 4.61. The van der Waals surface area contributed by atoms with E-state index in [9.17, 15) is 22.4 Å². The van der Waals surface area contributed by atoms with Crippen molar-refractivity contribution in [2.45, 2.75) is 24.3 Å². The Morgan fingerprint density at radius 3 is 2.62 bits per heavy atom. The van der Waals surface area contributed by atoms with Crippen molar-refractivity contribution in [1.29, 1.82) is 0 Å². The maximum Gasteiger partial charge on any atom is 0.322 e. The molecule has 0 radical (unpaired) electrons. The molecule has 114 valence electrons. The van der Waals surface area contributed by atoms with Crippen molar-refractivity contribution in [3.8, 4) is 0 Å². The molecule has 1 aromatic carbocycles. The van der Waals surface area contributed by atoms with E-state index in [2.05, 4.69) is 15.4 Å². The van der Waals surface area contributed by atoms with Gasteiger partial charge in [0.15, 0.2) is 0 Å². The molecule has 1 heterocycles. The molecule has 1 atom stereocenters. The van der Waals surface area contributed by atoms with E-state index in [0.717, 1.165) is 12.1 Å². The van der Waals surface area contributed by atoms with Gasteiger partial charge in [0.05, 0.1) is 4.90 Å². The molecule has 0 spiro atoms. The van der Waals surface area contributed by atoms with Crippen LogP contribution < -0.4 is 15.4 Å². The second-order valence-corrected chi connectivity index (χ2v) is 6.35. The maximum absolute atomic E-state index is 13.0. The van der Waals surface area contributed by atoms with Gasteiger partial charge >= 0.3 is 6.03 Å². The van der Waals surface area contributed by atoms with Crippen molar-refractivity contribution in [3.63, 3.8) is 0 Å². The summed E-state index contributed by atoms with van der Waals surface area (Å²) in [5.41, 5.74) is 0.286. The first-order valence-corrected chi connectivity index (χ1v) is 7.65. The zero-order chi connectivity index (χ0) is 15.6. The van der Waals surface area contributed by atoms with E-state index < -0.39 is 33.8 Å². The molecule has 1 aromatic rings. The van der Waals surface area contributed by atoms with Gasteiger partial charge in [0.25, 0.3) is 5.91 Å². The topological polar surface area (TPSA) is 104 Å². The highest BCUT2D eigenvalue weighted by atomic mass is 32.2. The number of rotatable bonds is 5. The van der Waals surface area contributed by atoms with Crippen LogP contribution in [-0.2, 0) is 14.8 Å². The number of hydrogen-bond acceptors (Lipinski definition) is 4. The minimum atomic E-state index is -3.79. The number of urea groups is 1. The van der Waals surface area contributed by atoms with Gasteiger partial charge in [-0.2, -0.15) is 0 Å². The molecule has 0 aliphatic carbocycles. The number of sulfonamides is 1. The minimum Gasteiger partial charge on any atom is -0.326 e. The molecule has 1 unspecified atom stereocenters. The summed E-state index contributed by atoms with van der Waals surface area (Å²) in [6, 6.07) is 2.01. The third-order valence-corrected chi connectivity index (χ3v) is 4.63. The molecule has 1 aliphatic rings. The van der Waals surface area contributed by atoms with Crippen LogP contribution in [0.2, 0.25) is 0 Å². The summed E-state index contributed by atoms with van der Waals surface area (Å²) < 4.78 is 39.4. The quantitative estimate of drug-likeness (QED) is 0.666. The number of aryl methyl sites for hydroxylation is 1. The van der Waals surface area contributed by atoms with Crippen LogP contribution in [0.25, 0.3) is 0 Å². The van der Waals surface area contributed by atoms with Crippen LogP contribution >= 0.6 is 0 Å². The van der Waals surface area contributed by atoms with Gasteiger partial charge in [0, 0.05) is 6.54 Å². The lowest BCUT2D eigenvalue weighted by atomic mass is 10.2. The standard InChI is InChI=1S/C12H14FN3O4S/c1-7-6-8(13)2-3-10(7)21(19,20)14-5-4-9-11(17)16-12(18)15-9/h2-3,6,9,14H,4-5H2,1H3,(H2,15,16,17,18). The first-order valence-electron chi connectivity index (χ1n) is 6.17.